The summed E-state index contributed by atoms with van der Waals surface area (Å²) in [6, 6.07) is 13.8. The third-order valence-electron chi connectivity index (χ3n) is 6.26. The topological polar surface area (TPSA) is 95.6 Å². The van der Waals surface area contributed by atoms with Gasteiger partial charge in [0.1, 0.15) is 11.4 Å². The van der Waals surface area contributed by atoms with E-state index in [1.807, 2.05) is 30.3 Å². The fourth-order valence-corrected chi connectivity index (χ4v) is 4.45. The summed E-state index contributed by atoms with van der Waals surface area (Å²) < 4.78 is 0. The molecule has 1 saturated carbocycles. The third-order valence-corrected chi connectivity index (χ3v) is 6.26. The molecule has 4 rings (SSSR count). The summed E-state index contributed by atoms with van der Waals surface area (Å²) in [4.78, 5) is 20.7. The predicted molar refractivity (Wildman–Crippen MR) is 114 cm³/mol. The number of rotatable bonds is 5. The van der Waals surface area contributed by atoms with Gasteiger partial charge in [0.05, 0.1) is 11.6 Å². The molecule has 2 heterocycles. The Balaban J connectivity index is 1.55. The van der Waals surface area contributed by atoms with Gasteiger partial charge < -0.3 is 10.7 Å². The number of pyridine rings is 1. The molecule has 5 nitrogen and oxygen atoms in total. The minimum absolute atomic E-state index is 0.138. The predicted octanol–water partition coefficient (Wildman–Crippen LogP) is 4.37. The second-order valence-corrected chi connectivity index (χ2v) is 8.22. The molecular formula is C24H26N4O. The zero-order chi connectivity index (χ0) is 20.4. The van der Waals surface area contributed by atoms with Crippen molar-refractivity contribution >= 4 is 16.8 Å². The van der Waals surface area contributed by atoms with E-state index in [0.29, 0.717) is 23.7 Å². The van der Waals surface area contributed by atoms with Crippen molar-refractivity contribution in [3.8, 4) is 17.3 Å². The van der Waals surface area contributed by atoms with Gasteiger partial charge in [-0.2, -0.15) is 5.26 Å². The fourth-order valence-electron chi connectivity index (χ4n) is 4.45. The molecule has 0 amide bonds. The number of fused-ring (bicyclic) bond motifs is 1. The van der Waals surface area contributed by atoms with Gasteiger partial charge in [-0.3, -0.25) is 4.79 Å². The zero-order valence-corrected chi connectivity index (χ0v) is 16.7. The molecule has 0 spiro atoms. The lowest BCUT2D eigenvalue weighted by molar-refractivity contribution is -0.123. The van der Waals surface area contributed by atoms with Crippen LogP contribution in [-0.4, -0.2) is 21.8 Å². The van der Waals surface area contributed by atoms with Crippen molar-refractivity contribution in [1.29, 1.82) is 5.26 Å². The molecule has 0 radical (unpaired) electrons. The average molecular weight is 386 g/mol. The molecule has 1 unspecified atom stereocenters. The second-order valence-electron chi connectivity index (χ2n) is 8.22. The average Bonchev–Trinajstić information content (AvgIpc) is 3.19. The number of aromatic amines is 1. The van der Waals surface area contributed by atoms with E-state index in [0.717, 1.165) is 53.5 Å². The summed E-state index contributed by atoms with van der Waals surface area (Å²) >= 11 is 0. The molecule has 1 aliphatic rings. The van der Waals surface area contributed by atoms with Gasteiger partial charge in [-0.05, 0) is 73.9 Å². The normalized spacial score (nSPS) is 20.3. The monoisotopic (exact) mass is 386 g/mol. The molecule has 1 fully saturated rings. The number of aromatic nitrogens is 2. The number of carbonyl (C=O) groups excluding carboxylic acids is 1. The van der Waals surface area contributed by atoms with Crippen LogP contribution in [0.25, 0.3) is 22.3 Å². The molecule has 3 N–H and O–H groups in total. The van der Waals surface area contributed by atoms with E-state index in [-0.39, 0.29) is 12.0 Å². The van der Waals surface area contributed by atoms with Crippen LogP contribution in [0.4, 0.5) is 0 Å². The van der Waals surface area contributed by atoms with E-state index in [2.05, 4.69) is 23.0 Å². The summed E-state index contributed by atoms with van der Waals surface area (Å²) in [7, 11) is 0. The van der Waals surface area contributed by atoms with Crippen LogP contribution in [0.15, 0.2) is 42.6 Å². The van der Waals surface area contributed by atoms with Crippen LogP contribution in [-0.2, 0) is 11.2 Å². The minimum Gasteiger partial charge on any atom is -0.339 e. The van der Waals surface area contributed by atoms with Gasteiger partial charge in [0, 0.05) is 35.7 Å². The fraction of sp³-hybridized carbons (Fsp3) is 0.375. The van der Waals surface area contributed by atoms with Crippen molar-refractivity contribution in [2.45, 2.75) is 45.1 Å². The summed E-state index contributed by atoms with van der Waals surface area (Å²) in [6.07, 6.45) is 6.16. The smallest absolute Gasteiger partial charge is 0.140 e. The molecule has 3 aromatic rings. The molecule has 29 heavy (non-hydrogen) atoms. The minimum atomic E-state index is 0.138. The van der Waals surface area contributed by atoms with Crippen LogP contribution in [0.3, 0.4) is 0 Å². The Morgan fingerprint density at radius 3 is 2.79 bits per heavy atom. The number of nitrogens with one attached hydrogen (secondary N) is 1. The Morgan fingerprint density at radius 2 is 2.07 bits per heavy atom. The van der Waals surface area contributed by atoms with E-state index in [1.54, 1.807) is 12.3 Å². The number of carbonyl (C=O) groups is 1. The zero-order valence-electron chi connectivity index (χ0n) is 16.7. The van der Waals surface area contributed by atoms with Crippen LogP contribution in [0.1, 0.15) is 43.7 Å². The Hall–Kier alpha value is -2.97. The molecule has 1 aromatic carbocycles. The summed E-state index contributed by atoms with van der Waals surface area (Å²) in [5.41, 5.74) is 10.3. The quantitative estimate of drug-likeness (QED) is 0.681. The lowest BCUT2D eigenvalue weighted by Gasteiger charge is -2.30. The van der Waals surface area contributed by atoms with Gasteiger partial charge in [0.2, 0.25) is 0 Å². The summed E-state index contributed by atoms with van der Waals surface area (Å²) in [5.74, 6) is 0.997. The Morgan fingerprint density at radius 1 is 1.28 bits per heavy atom. The number of hydrogen-bond acceptors (Lipinski definition) is 4. The number of Topliss-reactive ketones (excluding diaryl/α,β-unsaturated/α-hetero) is 1. The van der Waals surface area contributed by atoms with Crippen LogP contribution < -0.4 is 5.73 Å². The summed E-state index contributed by atoms with van der Waals surface area (Å²) in [6.45, 7) is 2.07. The van der Waals surface area contributed by atoms with Gasteiger partial charge in [0.15, 0.2) is 0 Å². The van der Waals surface area contributed by atoms with Gasteiger partial charge in [-0.1, -0.05) is 12.1 Å². The van der Waals surface area contributed by atoms with E-state index in [4.69, 9.17) is 11.0 Å². The molecule has 148 valence electrons. The molecule has 0 saturated heterocycles. The maximum absolute atomic E-state index is 13.0. The van der Waals surface area contributed by atoms with Crippen LogP contribution in [0.5, 0.6) is 0 Å². The van der Waals surface area contributed by atoms with Crippen molar-refractivity contribution in [2.24, 2.45) is 17.6 Å². The summed E-state index contributed by atoms with van der Waals surface area (Å²) in [5, 5.41) is 10.1. The molecule has 0 aliphatic heterocycles. The lowest BCUT2D eigenvalue weighted by atomic mass is 9.76. The first-order valence-electron chi connectivity index (χ1n) is 10.3. The van der Waals surface area contributed by atoms with Crippen molar-refractivity contribution in [3.63, 3.8) is 0 Å². The lowest BCUT2D eigenvalue weighted by Crippen LogP contribution is -2.32. The number of nitrogens with two attached hydrogens (primary N) is 1. The highest BCUT2D eigenvalue weighted by Gasteiger charge is 2.28. The number of ketones is 1. The van der Waals surface area contributed by atoms with Crippen molar-refractivity contribution in [2.75, 3.05) is 0 Å². The molecule has 1 aliphatic carbocycles. The van der Waals surface area contributed by atoms with Crippen LogP contribution >= 0.6 is 0 Å². The Labute approximate surface area is 171 Å². The van der Waals surface area contributed by atoms with Crippen LogP contribution in [0.2, 0.25) is 0 Å². The Bertz CT molecular complexity index is 1070. The molecule has 0 bridgehead atoms. The maximum Gasteiger partial charge on any atom is 0.140 e. The molecular weight excluding hydrogens is 360 g/mol. The maximum atomic E-state index is 13.0. The molecule has 1 atom stereocenters. The first-order chi connectivity index (χ1) is 14.0. The highest BCUT2D eigenvalue weighted by molar-refractivity contribution is 5.91. The highest BCUT2D eigenvalue weighted by atomic mass is 16.1. The van der Waals surface area contributed by atoms with Gasteiger partial charge in [0.25, 0.3) is 0 Å². The number of nitrogens with zero attached hydrogens (tertiary/aromatic N) is 2. The second kappa shape index (κ2) is 8.18. The highest BCUT2D eigenvalue weighted by Crippen LogP contribution is 2.32. The number of nitriles is 1. The van der Waals surface area contributed by atoms with Crippen molar-refractivity contribution in [3.05, 3.63) is 53.7 Å². The number of H-pyrrole nitrogens is 1. The third kappa shape index (κ3) is 4.08. The van der Waals surface area contributed by atoms with E-state index < -0.39 is 0 Å². The van der Waals surface area contributed by atoms with E-state index in [1.165, 1.54) is 0 Å². The number of benzene rings is 1. The molecule has 2 aromatic heterocycles. The standard InChI is InChI=1S/C24H26N4O/c1-15(26)17-5-7-18(8-6-17)23(29)12-19-9-10-27-24-21(19)13-22(28-24)20-4-2-3-16(11-20)14-25/h2-4,9-11,13,15,17-18H,5-8,12,26H2,1H3,(H,27,28). The van der Waals surface area contributed by atoms with Gasteiger partial charge in [-0.15, -0.1) is 0 Å². The first-order valence-corrected chi connectivity index (χ1v) is 10.3. The first kappa shape index (κ1) is 19.4. The largest absolute Gasteiger partial charge is 0.339 e. The van der Waals surface area contributed by atoms with Crippen molar-refractivity contribution < 1.29 is 4.79 Å². The van der Waals surface area contributed by atoms with Gasteiger partial charge in [-0.25, -0.2) is 4.98 Å². The van der Waals surface area contributed by atoms with Crippen LogP contribution in [0, 0.1) is 23.2 Å². The molecule has 5 heteroatoms. The van der Waals surface area contributed by atoms with E-state index in [9.17, 15) is 4.79 Å². The SMILES string of the molecule is CC(N)C1CCC(C(=O)Cc2ccnc3[nH]c(-c4cccc(C#N)c4)cc23)CC1. The number of hydrogen-bond donors (Lipinski definition) is 2. The van der Waals surface area contributed by atoms with Gasteiger partial charge >= 0.3 is 0 Å². The van der Waals surface area contributed by atoms with E-state index >= 15 is 0 Å². The van der Waals surface area contributed by atoms with Crippen molar-refractivity contribution in [1.82, 2.24) is 9.97 Å². The Kier molecular flexibility index (Phi) is 5.46.